The minimum Gasteiger partial charge on any atom is -0.455 e. The van der Waals surface area contributed by atoms with Crippen LogP contribution in [-0.4, -0.2) is 9.97 Å². The monoisotopic (exact) mass is 732 g/mol. The van der Waals surface area contributed by atoms with Crippen molar-refractivity contribution in [1.29, 1.82) is 0 Å². The van der Waals surface area contributed by atoms with Gasteiger partial charge in [0.05, 0.1) is 11.4 Å². The molecule has 11 aromatic rings. The van der Waals surface area contributed by atoms with Crippen LogP contribution in [0.2, 0.25) is 0 Å². The zero-order valence-electron chi connectivity index (χ0n) is 30.2. The Kier molecular flexibility index (Phi) is 7.68. The van der Waals surface area contributed by atoms with E-state index in [0.717, 1.165) is 77.8 Å². The van der Waals surface area contributed by atoms with Gasteiger partial charge in [0.15, 0.2) is 5.82 Å². The summed E-state index contributed by atoms with van der Waals surface area (Å²) in [4.78, 5) is 10.5. The third-order valence-electron chi connectivity index (χ3n) is 10.7. The lowest BCUT2D eigenvalue weighted by Crippen LogP contribution is -1.97. The second kappa shape index (κ2) is 13.3. The van der Waals surface area contributed by atoms with Gasteiger partial charge in [0, 0.05) is 53.2 Å². The van der Waals surface area contributed by atoms with Gasteiger partial charge in [-0.3, -0.25) is 0 Å². The van der Waals surface area contributed by atoms with Crippen LogP contribution in [0.5, 0.6) is 0 Å². The first kappa shape index (κ1) is 32.3. The van der Waals surface area contributed by atoms with Gasteiger partial charge in [-0.2, -0.15) is 0 Å². The highest BCUT2D eigenvalue weighted by molar-refractivity contribution is 7.25. The van der Waals surface area contributed by atoms with Crippen LogP contribution in [0, 0.1) is 0 Å². The van der Waals surface area contributed by atoms with Crippen LogP contribution < -0.4 is 0 Å². The van der Waals surface area contributed by atoms with Gasteiger partial charge in [-0.1, -0.05) is 146 Å². The summed E-state index contributed by atoms with van der Waals surface area (Å²) in [6, 6.07) is 68.5. The summed E-state index contributed by atoms with van der Waals surface area (Å²) in [5.41, 5.74) is 13.1. The van der Waals surface area contributed by atoms with E-state index in [-0.39, 0.29) is 0 Å². The number of fused-ring (bicyclic) bond motifs is 6. The fraction of sp³-hybridized carbons (Fsp3) is 0. The Labute approximate surface area is 327 Å². The van der Waals surface area contributed by atoms with Gasteiger partial charge < -0.3 is 4.42 Å². The molecule has 3 heterocycles. The van der Waals surface area contributed by atoms with Crippen molar-refractivity contribution in [3.8, 4) is 67.3 Å². The molecule has 56 heavy (non-hydrogen) atoms. The number of furan rings is 1. The molecule has 0 saturated carbocycles. The number of benzene rings is 8. The predicted octanol–water partition coefficient (Wildman–Crippen LogP) is 14.7. The van der Waals surface area contributed by atoms with Crippen molar-refractivity contribution in [3.63, 3.8) is 0 Å². The number of thiophene rings is 1. The van der Waals surface area contributed by atoms with Gasteiger partial charge in [0.25, 0.3) is 0 Å². The van der Waals surface area contributed by atoms with Crippen LogP contribution in [0.4, 0.5) is 0 Å². The summed E-state index contributed by atoms with van der Waals surface area (Å²) in [5, 5.41) is 4.82. The minimum absolute atomic E-state index is 0.682. The molecule has 3 nitrogen and oxygen atoms in total. The van der Waals surface area contributed by atoms with E-state index in [9.17, 15) is 0 Å². The second-order valence-corrected chi connectivity index (χ2v) is 15.2. The molecule has 0 N–H and O–H groups in total. The van der Waals surface area contributed by atoms with Crippen LogP contribution in [-0.2, 0) is 0 Å². The Morgan fingerprint density at radius 1 is 0.339 bits per heavy atom. The Morgan fingerprint density at radius 2 is 0.929 bits per heavy atom. The highest BCUT2D eigenvalue weighted by Crippen LogP contribution is 2.41. The minimum atomic E-state index is 0.682. The molecule has 0 atom stereocenters. The van der Waals surface area contributed by atoms with Crippen LogP contribution in [0.15, 0.2) is 199 Å². The van der Waals surface area contributed by atoms with Gasteiger partial charge in [-0.15, -0.1) is 11.3 Å². The van der Waals surface area contributed by atoms with Crippen LogP contribution in [0.25, 0.3) is 109 Å². The van der Waals surface area contributed by atoms with E-state index < -0.39 is 0 Å². The third kappa shape index (κ3) is 5.67. The smallest absolute Gasteiger partial charge is 0.160 e. The first-order chi connectivity index (χ1) is 27.7. The fourth-order valence-corrected chi connectivity index (χ4v) is 9.07. The van der Waals surface area contributed by atoms with E-state index in [0.29, 0.717) is 5.82 Å². The highest BCUT2D eigenvalue weighted by Gasteiger charge is 2.17. The molecule has 11 rings (SSSR count). The Bertz CT molecular complexity index is 3250. The average Bonchev–Trinajstić information content (AvgIpc) is 3.85. The molecule has 0 radical (unpaired) electrons. The maximum absolute atomic E-state index is 6.54. The van der Waals surface area contributed by atoms with E-state index >= 15 is 0 Å². The Hall–Kier alpha value is -7.14. The van der Waals surface area contributed by atoms with E-state index in [1.165, 1.54) is 25.7 Å². The molecule has 0 unspecified atom stereocenters. The first-order valence-corrected chi connectivity index (χ1v) is 19.6. The van der Waals surface area contributed by atoms with Gasteiger partial charge in [0.2, 0.25) is 0 Å². The number of nitrogens with zero attached hydrogens (tertiary/aromatic N) is 2. The molecule has 262 valence electrons. The predicted molar refractivity (Wildman–Crippen MR) is 235 cm³/mol. The van der Waals surface area contributed by atoms with Crippen molar-refractivity contribution < 1.29 is 4.42 Å². The van der Waals surface area contributed by atoms with Crippen molar-refractivity contribution in [1.82, 2.24) is 9.97 Å². The number of rotatable bonds is 6. The molecule has 8 aromatic carbocycles. The lowest BCUT2D eigenvalue weighted by molar-refractivity contribution is 0.670. The third-order valence-corrected chi connectivity index (χ3v) is 11.8. The molecule has 0 aliphatic heterocycles. The summed E-state index contributed by atoms with van der Waals surface area (Å²) < 4.78 is 9.14. The van der Waals surface area contributed by atoms with Crippen molar-refractivity contribution in [3.05, 3.63) is 194 Å². The zero-order valence-corrected chi connectivity index (χ0v) is 31.0. The van der Waals surface area contributed by atoms with Crippen LogP contribution in [0.1, 0.15) is 0 Å². The standard InChI is InChI=1S/C52H32N2OS/c1-3-13-33(14-4-1)38-28-39(41-21-12-22-45-42-19-7-9-23-48(42)55-51(41)45)30-40(29-38)47-32-46(53-52(54-47)34-15-5-2-6-16-34)37-18-11-17-35(27-37)36-25-26-44-43-20-8-10-24-49(43)56-50(44)31-36/h1-32H. The van der Waals surface area contributed by atoms with Gasteiger partial charge in [-0.25, -0.2) is 9.97 Å². The molecule has 4 heteroatoms. The van der Waals surface area contributed by atoms with Gasteiger partial charge >= 0.3 is 0 Å². The molecule has 0 saturated heterocycles. The molecule has 0 amide bonds. The van der Waals surface area contributed by atoms with Gasteiger partial charge in [-0.05, 0) is 76.3 Å². The quantitative estimate of drug-likeness (QED) is 0.171. The topological polar surface area (TPSA) is 38.9 Å². The maximum atomic E-state index is 6.54. The Balaban J connectivity index is 1.09. The van der Waals surface area contributed by atoms with Crippen molar-refractivity contribution >= 4 is 53.4 Å². The Morgan fingerprint density at radius 3 is 1.79 bits per heavy atom. The largest absolute Gasteiger partial charge is 0.455 e. The molecule has 0 aliphatic rings. The number of hydrogen-bond donors (Lipinski definition) is 0. The van der Waals surface area contributed by atoms with Crippen molar-refractivity contribution in [2.45, 2.75) is 0 Å². The van der Waals surface area contributed by atoms with E-state index in [1.807, 2.05) is 41.7 Å². The normalized spacial score (nSPS) is 11.6. The summed E-state index contributed by atoms with van der Waals surface area (Å²) in [6.45, 7) is 0. The fourth-order valence-electron chi connectivity index (χ4n) is 7.93. The highest BCUT2D eigenvalue weighted by atomic mass is 32.1. The molecule has 0 fully saturated rings. The molecule has 0 aliphatic carbocycles. The average molecular weight is 733 g/mol. The SMILES string of the molecule is c1ccc(-c2cc(-c3cc(-c4cccc(-c5ccc6c(c5)sc5ccccc56)c4)nc(-c4ccccc4)n3)cc(-c3cccc4c3oc3ccccc34)c2)cc1. The number of para-hydroxylation sites is 2. The summed E-state index contributed by atoms with van der Waals surface area (Å²) in [7, 11) is 0. The summed E-state index contributed by atoms with van der Waals surface area (Å²) in [6.07, 6.45) is 0. The molecule has 0 spiro atoms. The second-order valence-electron chi connectivity index (χ2n) is 14.2. The maximum Gasteiger partial charge on any atom is 0.160 e. The lowest BCUT2D eigenvalue weighted by Gasteiger charge is -2.14. The first-order valence-electron chi connectivity index (χ1n) is 18.8. The number of hydrogen-bond acceptors (Lipinski definition) is 4. The molecular weight excluding hydrogens is 701 g/mol. The molecule has 0 bridgehead atoms. The van der Waals surface area contributed by atoms with E-state index in [2.05, 4.69) is 164 Å². The van der Waals surface area contributed by atoms with Gasteiger partial charge in [0.1, 0.15) is 11.2 Å². The van der Waals surface area contributed by atoms with E-state index in [1.54, 1.807) is 0 Å². The molecular formula is C52H32N2OS. The van der Waals surface area contributed by atoms with E-state index in [4.69, 9.17) is 14.4 Å². The number of aromatic nitrogens is 2. The zero-order chi connectivity index (χ0) is 37.0. The lowest BCUT2D eigenvalue weighted by atomic mass is 9.93. The van der Waals surface area contributed by atoms with Crippen LogP contribution >= 0.6 is 11.3 Å². The van der Waals surface area contributed by atoms with Crippen molar-refractivity contribution in [2.24, 2.45) is 0 Å². The van der Waals surface area contributed by atoms with Crippen LogP contribution in [0.3, 0.4) is 0 Å². The van der Waals surface area contributed by atoms with Crippen molar-refractivity contribution in [2.75, 3.05) is 0 Å². The summed E-state index contributed by atoms with van der Waals surface area (Å²) >= 11 is 1.84. The molecule has 3 aromatic heterocycles. The summed E-state index contributed by atoms with van der Waals surface area (Å²) in [5.74, 6) is 0.682.